The van der Waals surface area contributed by atoms with Gasteiger partial charge in [-0.05, 0) is 60.7 Å². The molecule has 2 atom stereocenters. The number of piperidine rings is 1. The summed E-state index contributed by atoms with van der Waals surface area (Å²) in [4.78, 5) is 17.0. The molecule has 2 heterocycles. The Bertz CT molecular complexity index is 1180. The molecule has 1 fully saturated rings. The first-order valence-electron chi connectivity index (χ1n) is 9.70. The van der Waals surface area contributed by atoms with E-state index in [-0.39, 0.29) is 10.7 Å². The highest BCUT2D eigenvalue weighted by molar-refractivity contribution is 7.89. The van der Waals surface area contributed by atoms with E-state index in [1.807, 2.05) is 0 Å². The number of rotatable bonds is 4. The Kier molecular flexibility index (Phi) is 5.61. The molecule has 9 heteroatoms. The standard InChI is InChI=1S/C21H22FN3O3S2/c1-13-9-14(2)12-25(11-13)30(27,28)17-6-3-15(4-7-17)20(26)24-21-23-18-8-5-16(22)10-19(18)29-21/h3-8,10,13-14H,9,11-12H2,1-2H3,(H,23,24,26)/t13-,14-/m0/s1. The van der Waals surface area contributed by atoms with E-state index in [4.69, 9.17) is 0 Å². The molecule has 1 N–H and O–H groups in total. The second-order valence-corrected chi connectivity index (χ2v) is 10.8. The van der Waals surface area contributed by atoms with Crippen LogP contribution in [0.2, 0.25) is 0 Å². The molecule has 1 aliphatic heterocycles. The van der Waals surface area contributed by atoms with E-state index in [0.29, 0.717) is 45.8 Å². The lowest BCUT2D eigenvalue weighted by molar-refractivity contribution is 0.102. The first-order valence-corrected chi connectivity index (χ1v) is 12.0. The van der Waals surface area contributed by atoms with Crippen molar-refractivity contribution < 1.29 is 17.6 Å². The van der Waals surface area contributed by atoms with Gasteiger partial charge in [0.1, 0.15) is 5.82 Å². The summed E-state index contributed by atoms with van der Waals surface area (Å²) in [6.07, 6.45) is 1.02. The van der Waals surface area contributed by atoms with Crippen LogP contribution in [0, 0.1) is 17.7 Å². The molecular formula is C21H22FN3O3S2. The molecule has 1 aliphatic rings. The summed E-state index contributed by atoms with van der Waals surface area (Å²) in [6, 6.07) is 10.1. The van der Waals surface area contributed by atoms with Gasteiger partial charge in [-0.25, -0.2) is 17.8 Å². The van der Waals surface area contributed by atoms with Crippen LogP contribution in [0.25, 0.3) is 10.2 Å². The molecule has 0 spiro atoms. The third kappa shape index (κ3) is 4.23. The van der Waals surface area contributed by atoms with Gasteiger partial charge in [-0.3, -0.25) is 10.1 Å². The summed E-state index contributed by atoms with van der Waals surface area (Å²) < 4.78 is 41.4. The molecule has 0 bridgehead atoms. The van der Waals surface area contributed by atoms with Gasteiger partial charge in [0.2, 0.25) is 10.0 Å². The molecule has 2 aromatic carbocycles. The Morgan fingerprint density at radius 3 is 2.47 bits per heavy atom. The highest BCUT2D eigenvalue weighted by Gasteiger charge is 2.31. The number of benzene rings is 2. The number of halogens is 1. The number of thiazole rings is 1. The molecule has 0 unspecified atom stereocenters. The van der Waals surface area contributed by atoms with Crippen molar-refractivity contribution >= 4 is 42.6 Å². The maximum atomic E-state index is 13.3. The van der Waals surface area contributed by atoms with Crippen LogP contribution in [0.3, 0.4) is 0 Å². The number of carbonyl (C=O) groups is 1. The van der Waals surface area contributed by atoms with Crippen LogP contribution in [0.4, 0.5) is 9.52 Å². The van der Waals surface area contributed by atoms with Gasteiger partial charge in [-0.15, -0.1) is 0 Å². The Labute approximate surface area is 178 Å². The smallest absolute Gasteiger partial charge is 0.257 e. The number of carbonyl (C=O) groups excluding carboxylic acids is 1. The molecule has 0 saturated carbocycles. The van der Waals surface area contributed by atoms with Crippen molar-refractivity contribution in [2.45, 2.75) is 25.2 Å². The minimum absolute atomic E-state index is 0.177. The molecule has 30 heavy (non-hydrogen) atoms. The highest BCUT2D eigenvalue weighted by atomic mass is 32.2. The van der Waals surface area contributed by atoms with Crippen molar-refractivity contribution in [1.82, 2.24) is 9.29 Å². The SMILES string of the molecule is C[C@H]1C[C@H](C)CN(S(=O)(=O)c2ccc(C(=O)Nc3nc4ccc(F)cc4s3)cc2)C1. The Morgan fingerprint density at radius 2 is 1.80 bits per heavy atom. The van der Waals surface area contributed by atoms with Crippen LogP contribution in [0.1, 0.15) is 30.6 Å². The van der Waals surface area contributed by atoms with Crippen molar-refractivity contribution in [3.8, 4) is 0 Å². The quantitative estimate of drug-likeness (QED) is 0.645. The fourth-order valence-electron chi connectivity index (χ4n) is 3.85. The molecule has 158 valence electrons. The summed E-state index contributed by atoms with van der Waals surface area (Å²) in [5, 5.41) is 3.04. The van der Waals surface area contributed by atoms with Crippen LogP contribution in [-0.2, 0) is 10.0 Å². The molecule has 1 amide bonds. The van der Waals surface area contributed by atoms with Crippen LogP contribution in [-0.4, -0.2) is 36.7 Å². The molecule has 1 aromatic heterocycles. The van der Waals surface area contributed by atoms with E-state index in [1.165, 1.54) is 52.0 Å². The number of anilines is 1. The summed E-state index contributed by atoms with van der Waals surface area (Å²) in [5.41, 5.74) is 0.919. The molecule has 0 aliphatic carbocycles. The molecular weight excluding hydrogens is 425 g/mol. The first kappa shape index (κ1) is 20.9. The fourth-order valence-corrected chi connectivity index (χ4v) is 6.42. The number of fused-ring (bicyclic) bond motifs is 1. The zero-order valence-corrected chi connectivity index (χ0v) is 18.3. The van der Waals surface area contributed by atoms with E-state index in [0.717, 1.165) is 6.42 Å². The van der Waals surface area contributed by atoms with Crippen LogP contribution in [0.15, 0.2) is 47.4 Å². The van der Waals surface area contributed by atoms with Gasteiger partial charge in [-0.2, -0.15) is 4.31 Å². The highest BCUT2D eigenvalue weighted by Crippen LogP contribution is 2.28. The Morgan fingerprint density at radius 1 is 1.13 bits per heavy atom. The summed E-state index contributed by atoms with van der Waals surface area (Å²) in [7, 11) is -3.59. The second-order valence-electron chi connectivity index (χ2n) is 7.88. The van der Waals surface area contributed by atoms with Crippen molar-refractivity contribution in [3.63, 3.8) is 0 Å². The van der Waals surface area contributed by atoms with Crippen LogP contribution < -0.4 is 5.32 Å². The molecule has 1 saturated heterocycles. The van der Waals surface area contributed by atoms with Crippen molar-refractivity contribution in [2.24, 2.45) is 11.8 Å². The Balaban J connectivity index is 1.50. The molecule has 3 aromatic rings. The lowest BCUT2D eigenvalue weighted by Gasteiger charge is -2.34. The van der Waals surface area contributed by atoms with Crippen molar-refractivity contribution in [1.29, 1.82) is 0 Å². The number of nitrogens with zero attached hydrogens (tertiary/aromatic N) is 2. The lowest BCUT2D eigenvalue weighted by atomic mass is 9.94. The first-order chi connectivity index (χ1) is 14.2. The minimum Gasteiger partial charge on any atom is -0.298 e. The van der Waals surface area contributed by atoms with Gasteiger partial charge >= 0.3 is 0 Å². The van der Waals surface area contributed by atoms with Crippen molar-refractivity contribution in [2.75, 3.05) is 18.4 Å². The number of nitrogens with one attached hydrogen (secondary N) is 1. The fraction of sp³-hybridized carbons (Fsp3) is 0.333. The maximum absolute atomic E-state index is 13.3. The van der Waals surface area contributed by atoms with Gasteiger partial charge in [0.25, 0.3) is 5.91 Å². The summed E-state index contributed by atoms with van der Waals surface area (Å²) in [5.74, 6) is -0.135. The lowest BCUT2D eigenvalue weighted by Crippen LogP contribution is -2.42. The zero-order chi connectivity index (χ0) is 21.5. The third-order valence-corrected chi connectivity index (χ3v) is 7.94. The van der Waals surface area contributed by atoms with E-state index >= 15 is 0 Å². The number of sulfonamides is 1. The molecule has 0 radical (unpaired) electrons. The average Bonchev–Trinajstić information content (AvgIpc) is 3.08. The monoisotopic (exact) mass is 447 g/mol. The largest absolute Gasteiger partial charge is 0.298 e. The van der Waals surface area contributed by atoms with Crippen LogP contribution in [0.5, 0.6) is 0 Å². The van der Waals surface area contributed by atoms with E-state index < -0.39 is 15.9 Å². The Hall–Kier alpha value is -2.36. The summed E-state index contributed by atoms with van der Waals surface area (Å²) >= 11 is 1.18. The van der Waals surface area contributed by atoms with Gasteiger partial charge in [0, 0.05) is 18.7 Å². The van der Waals surface area contributed by atoms with Gasteiger partial charge < -0.3 is 0 Å². The zero-order valence-electron chi connectivity index (χ0n) is 16.6. The van der Waals surface area contributed by atoms with E-state index in [9.17, 15) is 17.6 Å². The predicted molar refractivity (Wildman–Crippen MR) is 116 cm³/mol. The van der Waals surface area contributed by atoms with E-state index in [2.05, 4.69) is 24.1 Å². The maximum Gasteiger partial charge on any atom is 0.257 e. The van der Waals surface area contributed by atoms with Crippen molar-refractivity contribution in [3.05, 3.63) is 53.8 Å². The number of hydrogen-bond acceptors (Lipinski definition) is 5. The van der Waals surface area contributed by atoms with Gasteiger partial charge in [-0.1, -0.05) is 25.2 Å². The normalized spacial score (nSPS) is 20.4. The topological polar surface area (TPSA) is 79.4 Å². The van der Waals surface area contributed by atoms with E-state index in [1.54, 1.807) is 6.07 Å². The number of amides is 1. The minimum atomic E-state index is -3.59. The second kappa shape index (κ2) is 8.05. The van der Waals surface area contributed by atoms with Gasteiger partial charge in [0.15, 0.2) is 5.13 Å². The third-order valence-electron chi connectivity index (χ3n) is 5.16. The van der Waals surface area contributed by atoms with Gasteiger partial charge in [0.05, 0.1) is 15.1 Å². The molecule has 6 nitrogen and oxygen atoms in total. The van der Waals surface area contributed by atoms with Crippen LogP contribution >= 0.6 is 11.3 Å². The average molecular weight is 448 g/mol. The molecule has 4 rings (SSSR count). The summed E-state index contributed by atoms with van der Waals surface area (Å²) in [6.45, 7) is 5.13. The number of hydrogen-bond donors (Lipinski definition) is 1. The number of aromatic nitrogens is 1. The predicted octanol–water partition coefficient (Wildman–Crippen LogP) is 4.35.